The molecule has 0 aliphatic heterocycles. The van der Waals surface area contributed by atoms with Gasteiger partial charge in [-0.05, 0) is 49.7 Å². The highest BCUT2D eigenvalue weighted by molar-refractivity contribution is 6.35. The van der Waals surface area contributed by atoms with Crippen molar-refractivity contribution in [1.29, 1.82) is 0 Å². The summed E-state index contributed by atoms with van der Waals surface area (Å²) in [6.07, 6.45) is -1.05. The monoisotopic (exact) mass is 383 g/mol. The number of nitrogens with one attached hydrogen (secondary N) is 1. The molecule has 0 radical (unpaired) electrons. The molecule has 2 rings (SSSR count). The Kier molecular flexibility index (Phi) is 6.39. The minimum absolute atomic E-state index is 0.0356. The molecule has 1 N–H and O–H groups in total. The summed E-state index contributed by atoms with van der Waals surface area (Å²) < 4.78 is 18.2. The first-order valence-corrected chi connectivity index (χ1v) is 8.25. The fraction of sp³-hybridized carbons (Fsp3) is 0.222. The maximum absolute atomic E-state index is 13.1. The highest BCUT2D eigenvalue weighted by atomic mass is 35.5. The highest BCUT2D eigenvalue weighted by Crippen LogP contribution is 2.26. The van der Waals surface area contributed by atoms with Gasteiger partial charge in [-0.25, -0.2) is 9.18 Å². The van der Waals surface area contributed by atoms with Crippen molar-refractivity contribution in [3.8, 4) is 0 Å². The molecule has 0 saturated heterocycles. The van der Waals surface area contributed by atoms with E-state index in [1.54, 1.807) is 25.1 Å². The Labute approximate surface area is 154 Å². The molecule has 0 aliphatic rings. The smallest absolute Gasteiger partial charge is 0.339 e. The van der Waals surface area contributed by atoms with Crippen LogP contribution in [-0.4, -0.2) is 18.0 Å². The van der Waals surface area contributed by atoms with Crippen molar-refractivity contribution < 1.29 is 18.7 Å². The molecule has 2 aromatic rings. The van der Waals surface area contributed by atoms with E-state index in [2.05, 4.69) is 5.32 Å². The first kappa shape index (κ1) is 19.2. The minimum Gasteiger partial charge on any atom is -0.449 e. The van der Waals surface area contributed by atoms with E-state index in [0.717, 1.165) is 6.07 Å². The van der Waals surface area contributed by atoms with Gasteiger partial charge in [-0.1, -0.05) is 35.3 Å². The second kappa shape index (κ2) is 8.32. The fourth-order valence-corrected chi connectivity index (χ4v) is 2.73. The molecule has 7 heteroatoms. The van der Waals surface area contributed by atoms with Gasteiger partial charge in [0.25, 0.3) is 5.91 Å². The van der Waals surface area contributed by atoms with Crippen LogP contribution in [0.3, 0.4) is 0 Å². The molecule has 0 aliphatic carbocycles. The zero-order chi connectivity index (χ0) is 18.6. The first-order chi connectivity index (χ1) is 11.8. The third-order valence-corrected chi connectivity index (χ3v) is 4.06. The molecule has 0 unspecified atom stereocenters. The van der Waals surface area contributed by atoms with Crippen LogP contribution >= 0.6 is 23.2 Å². The number of carbonyl (C=O) groups excluding carboxylic acids is 2. The molecular weight excluding hydrogens is 368 g/mol. The third-order valence-electron chi connectivity index (χ3n) is 3.50. The zero-order valence-corrected chi connectivity index (χ0v) is 15.1. The molecule has 0 heterocycles. The number of hydrogen-bond donors (Lipinski definition) is 1. The average Bonchev–Trinajstić information content (AvgIpc) is 2.54. The Morgan fingerprint density at radius 2 is 1.84 bits per heavy atom. The predicted molar refractivity (Wildman–Crippen MR) is 94.3 cm³/mol. The number of benzene rings is 2. The van der Waals surface area contributed by atoms with E-state index in [4.69, 9.17) is 27.9 Å². The summed E-state index contributed by atoms with van der Waals surface area (Å²) in [5, 5.41) is 3.62. The Morgan fingerprint density at radius 1 is 1.12 bits per heavy atom. The summed E-state index contributed by atoms with van der Waals surface area (Å²) in [5.74, 6) is -1.83. The Hall–Kier alpha value is -2.11. The van der Waals surface area contributed by atoms with E-state index < -0.39 is 29.8 Å². The number of carbonyl (C=O) groups is 2. The van der Waals surface area contributed by atoms with Gasteiger partial charge >= 0.3 is 5.97 Å². The molecule has 25 heavy (non-hydrogen) atoms. The lowest BCUT2D eigenvalue weighted by Crippen LogP contribution is -2.37. The zero-order valence-electron chi connectivity index (χ0n) is 13.6. The van der Waals surface area contributed by atoms with Gasteiger partial charge in [-0.2, -0.15) is 0 Å². The summed E-state index contributed by atoms with van der Waals surface area (Å²) in [5.41, 5.74) is 0.719. The van der Waals surface area contributed by atoms with E-state index in [9.17, 15) is 14.0 Å². The Morgan fingerprint density at radius 3 is 2.48 bits per heavy atom. The van der Waals surface area contributed by atoms with Crippen LogP contribution in [0.2, 0.25) is 10.0 Å². The van der Waals surface area contributed by atoms with Crippen LogP contribution in [0, 0.1) is 5.82 Å². The van der Waals surface area contributed by atoms with Crippen LogP contribution in [0.5, 0.6) is 0 Å². The van der Waals surface area contributed by atoms with Crippen LogP contribution in [0.4, 0.5) is 4.39 Å². The molecule has 0 aromatic heterocycles. The number of esters is 1. The second-order valence-electron chi connectivity index (χ2n) is 5.45. The van der Waals surface area contributed by atoms with Crippen molar-refractivity contribution in [2.45, 2.75) is 26.0 Å². The normalized spacial score (nSPS) is 13.0. The van der Waals surface area contributed by atoms with Crippen molar-refractivity contribution in [2.75, 3.05) is 0 Å². The van der Waals surface area contributed by atoms with Crippen molar-refractivity contribution in [1.82, 2.24) is 5.32 Å². The SMILES string of the molecule is C[C@H](OC(=O)c1cccc(F)c1)C(=O)N[C@@H](C)c1ccc(Cl)cc1Cl. The summed E-state index contributed by atoms with van der Waals surface area (Å²) in [6.45, 7) is 3.18. The van der Waals surface area contributed by atoms with Gasteiger partial charge in [0.1, 0.15) is 5.82 Å². The number of rotatable bonds is 5. The van der Waals surface area contributed by atoms with Gasteiger partial charge in [0, 0.05) is 10.0 Å². The van der Waals surface area contributed by atoms with Crippen LogP contribution in [0.25, 0.3) is 0 Å². The van der Waals surface area contributed by atoms with Gasteiger partial charge in [-0.15, -0.1) is 0 Å². The lowest BCUT2D eigenvalue weighted by Gasteiger charge is -2.19. The number of ether oxygens (including phenoxy) is 1. The Balaban J connectivity index is 1.98. The predicted octanol–water partition coefficient (Wildman–Crippen LogP) is 4.56. The van der Waals surface area contributed by atoms with Crippen LogP contribution < -0.4 is 5.32 Å². The van der Waals surface area contributed by atoms with Crippen LogP contribution in [-0.2, 0) is 9.53 Å². The van der Waals surface area contributed by atoms with Crippen molar-refractivity contribution >= 4 is 35.1 Å². The maximum atomic E-state index is 13.1. The minimum atomic E-state index is -1.05. The van der Waals surface area contributed by atoms with E-state index in [1.807, 2.05) is 0 Å². The quantitative estimate of drug-likeness (QED) is 0.770. The summed E-state index contributed by atoms with van der Waals surface area (Å²) in [4.78, 5) is 24.2. The molecule has 132 valence electrons. The number of halogens is 3. The summed E-state index contributed by atoms with van der Waals surface area (Å²) >= 11 is 12.0. The number of amides is 1. The lowest BCUT2D eigenvalue weighted by molar-refractivity contribution is -0.129. The van der Waals surface area contributed by atoms with Gasteiger partial charge < -0.3 is 10.1 Å². The topological polar surface area (TPSA) is 55.4 Å². The molecule has 2 aromatic carbocycles. The molecule has 0 bridgehead atoms. The van der Waals surface area contributed by atoms with Crippen LogP contribution in [0.1, 0.15) is 35.8 Å². The highest BCUT2D eigenvalue weighted by Gasteiger charge is 2.22. The molecule has 2 atom stereocenters. The fourth-order valence-electron chi connectivity index (χ4n) is 2.16. The van der Waals surface area contributed by atoms with Crippen molar-refractivity contribution in [3.05, 3.63) is 69.5 Å². The third kappa shape index (κ3) is 5.18. The molecule has 0 fully saturated rings. The maximum Gasteiger partial charge on any atom is 0.339 e. The Bertz CT molecular complexity index is 798. The van der Waals surface area contributed by atoms with Gasteiger partial charge in [-0.3, -0.25) is 4.79 Å². The lowest BCUT2D eigenvalue weighted by atomic mass is 10.1. The van der Waals surface area contributed by atoms with E-state index in [1.165, 1.54) is 25.1 Å². The average molecular weight is 384 g/mol. The molecule has 1 amide bonds. The standard InChI is InChI=1S/C18H16Cl2FNO3/c1-10(15-7-6-13(19)9-16(15)20)22-17(23)11(2)25-18(24)12-4-3-5-14(21)8-12/h3-11H,1-2H3,(H,22,23)/t10-,11-/m0/s1. The van der Waals surface area contributed by atoms with E-state index >= 15 is 0 Å². The molecular formula is C18H16Cl2FNO3. The largest absolute Gasteiger partial charge is 0.449 e. The first-order valence-electron chi connectivity index (χ1n) is 7.50. The molecule has 4 nitrogen and oxygen atoms in total. The van der Waals surface area contributed by atoms with Gasteiger partial charge in [0.05, 0.1) is 11.6 Å². The van der Waals surface area contributed by atoms with Crippen molar-refractivity contribution in [2.24, 2.45) is 0 Å². The molecule has 0 saturated carbocycles. The van der Waals surface area contributed by atoms with E-state index in [-0.39, 0.29) is 5.56 Å². The molecule has 0 spiro atoms. The van der Waals surface area contributed by atoms with Crippen LogP contribution in [0.15, 0.2) is 42.5 Å². The van der Waals surface area contributed by atoms with Crippen molar-refractivity contribution in [3.63, 3.8) is 0 Å². The number of hydrogen-bond acceptors (Lipinski definition) is 3. The second-order valence-corrected chi connectivity index (χ2v) is 6.30. The van der Waals surface area contributed by atoms with E-state index in [0.29, 0.717) is 15.6 Å². The van der Waals surface area contributed by atoms with Gasteiger partial charge in [0.2, 0.25) is 0 Å². The van der Waals surface area contributed by atoms with Gasteiger partial charge in [0.15, 0.2) is 6.10 Å². The summed E-state index contributed by atoms with van der Waals surface area (Å²) in [7, 11) is 0. The summed E-state index contributed by atoms with van der Waals surface area (Å²) in [6, 6.07) is 9.60.